The number of hydrogen-bond donors (Lipinski definition) is 1. The zero-order valence-corrected chi connectivity index (χ0v) is 14.0. The average Bonchev–Trinajstić information content (AvgIpc) is 2.83. The minimum absolute atomic E-state index is 0.366. The molecule has 3 rings (SSSR count). The van der Waals surface area contributed by atoms with E-state index in [9.17, 15) is 5.11 Å². The fourth-order valence-electron chi connectivity index (χ4n) is 3.02. The van der Waals surface area contributed by atoms with Crippen molar-refractivity contribution in [2.45, 2.75) is 58.8 Å². The predicted octanol–water partition coefficient (Wildman–Crippen LogP) is 3.72. The van der Waals surface area contributed by atoms with E-state index in [-0.39, 0.29) is 5.60 Å². The molecule has 1 atom stereocenters. The van der Waals surface area contributed by atoms with Crippen molar-refractivity contribution in [3.05, 3.63) is 40.8 Å². The van der Waals surface area contributed by atoms with Crippen LogP contribution >= 0.6 is 0 Å². The van der Waals surface area contributed by atoms with E-state index in [0.29, 0.717) is 24.5 Å². The first kappa shape index (κ1) is 15.9. The lowest BCUT2D eigenvalue weighted by molar-refractivity contribution is 0.00949. The maximum absolute atomic E-state index is 10.5. The van der Waals surface area contributed by atoms with E-state index in [2.05, 4.69) is 5.16 Å². The molecule has 1 aromatic carbocycles. The highest BCUT2D eigenvalue weighted by atomic mass is 16.5. The van der Waals surface area contributed by atoms with E-state index in [1.807, 2.05) is 45.9 Å². The van der Waals surface area contributed by atoms with Crippen LogP contribution in [0.5, 0.6) is 11.5 Å². The summed E-state index contributed by atoms with van der Waals surface area (Å²) in [5.74, 6) is 2.10. The van der Waals surface area contributed by atoms with Gasteiger partial charge in [0.1, 0.15) is 29.5 Å². The van der Waals surface area contributed by atoms with Gasteiger partial charge in [-0.2, -0.15) is 0 Å². The summed E-state index contributed by atoms with van der Waals surface area (Å²) in [7, 11) is 0. The minimum Gasteiger partial charge on any atom is -0.488 e. The second-order valence-electron chi connectivity index (χ2n) is 6.56. The highest BCUT2D eigenvalue weighted by Crippen LogP contribution is 2.44. The smallest absolute Gasteiger partial charge is 0.140 e. The summed E-state index contributed by atoms with van der Waals surface area (Å²) in [5.41, 5.74) is 2.21. The zero-order valence-electron chi connectivity index (χ0n) is 14.0. The lowest BCUT2D eigenvalue weighted by Gasteiger charge is -2.36. The molecule has 1 aromatic heterocycles. The Balaban J connectivity index is 1.86. The number of aryl methyl sites for hydroxylation is 2. The number of aliphatic hydroxyl groups excluding tert-OH is 1. The number of nitrogens with zero attached hydrogens (tertiary/aromatic N) is 1. The summed E-state index contributed by atoms with van der Waals surface area (Å²) in [6.45, 7) is 8.23. The molecule has 0 spiro atoms. The molecular weight excluding hydrogens is 294 g/mol. The lowest BCUT2D eigenvalue weighted by atomic mass is 9.91. The van der Waals surface area contributed by atoms with E-state index in [1.54, 1.807) is 0 Å². The summed E-state index contributed by atoms with van der Waals surface area (Å²) in [4.78, 5) is 0. The van der Waals surface area contributed by atoms with E-state index < -0.39 is 6.10 Å². The fraction of sp³-hybridized carbons (Fsp3) is 0.500. The molecule has 1 aliphatic rings. The van der Waals surface area contributed by atoms with Crippen LogP contribution in [0.15, 0.2) is 22.7 Å². The number of benzene rings is 1. The topological polar surface area (TPSA) is 64.7 Å². The molecule has 0 bridgehead atoms. The Kier molecular flexibility index (Phi) is 4.06. The Morgan fingerprint density at radius 2 is 2.17 bits per heavy atom. The van der Waals surface area contributed by atoms with E-state index in [4.69, 9.17) is 14.0 Å². The third kappa shape index (κ3) is 3.06. The number of aromatic nitrogens is 1. The van der Waals surface area contributed by atoms with Gasteiger partial charge in [0.2, 0.25) is 0 Å². The van der Waals surface area contributed by atoms with Crippen LogP contribution in [0.4, 0.5) is 0 Å². The Labute approximate surface area is 136 Å². The maximum atomic E-state index is 10.5. The van der Waals surface area contributed by atoms with E-state index in [0.717, 1.165) is 29.0 Å². The van der Waals surface area contributed by atoms with Gasteiger partial charge < -0.3 is 19.1 Å². The van der Waals surface area contributed by atoms with Gasteiger partial charge in [0.05, 0.1) is 22.9 Å². The summed E-state index contributed by atoms with van der Waals surface area (Å²) in [6.07, 6.45) is 0.731. The van der Waals surface area contributed by atoms with Crippen molar-refractivity contribution >= 4 is 0 Å². The summed E-state index contributed by atoms with van der Waals surface area (Å²) in [5, 5.41) is 14.5. The molecule has 0 fully saturated rings. The Morgan fingerprint density at radius 1 is 1.39 bits per heavy atom. The van der Waals surface area contributed by atoms with Crippen LogP contribution in [0.2, 0.25) is 0 Å². The summed E-state index contributed by atoms with van der Waals surface area (Å²) >= 11 is 0. The van der Waals surface area contributed by atoms with Crippen LogP contribution in [0.25, 0.3) is 0 Å². The molecule has 1 aliphatic heterocycles. The maximum Gasteiger partial charge on any atom is 0.140 e. The van der Waals surface area contributed by atoms with Crippen molar-refractivity contribution in [1.82, 2.24) is 5.16 Å². The van der Waals surface area contributed by atoms with Crippen LogP contribution in [0.1, 0.15) is 55.9 Å². The SMILES string of the molecule is CCc1noc(C)c1COc1cccc2c1[C@@H](O)CC(C)(C)O2. The van der Waals surface area contributed by atoms with Crippen LogP contribution in [-0.2, 0) is 13.0 Å². The van der Waals surface area contributed by atoms with Crippen molar-refractivity contribution in [2.24, 2.45) is 0 Å². The molecule has 5 nitrogen and oxygen atoms in total. The highest BCUT2D eigenvalue weighted by Gasteiger charge is 2.34. The van der Waals surface area contributed by atoms with Gasteiger partial charge in [-0.3, -0.25) is 0 Å². The van der Waals surface area contributed by atoms with Gasteiger partial charge in [0.25, 0.3) is 0 Å². The number of hydrogen-bond acceptors (Lipinski definition) is 5. The third-order valence-electron chi connectivity index (χ3n) is 4.20. The first-order chi connectivity index (χ1) is 10.9. The molecular formula is C18H23NO4. The lowest BCUT2D eigenvalue weighted by Crippen LogP contribution is -2.35. The van der Waals surface area contributed by atoms with Crippen molar-refractivity contribution in [3.8, 4) is 11.5 Å². The van der Waals surface area contributed by atoms with Crippen molar-refractivity contribution in [2.75, 3.05) is 0 Å². The Morgan fingerprint density at radius 3 is 2.91 bits per heavy atom. The second-order valence-corrected chi connectivity index (χ2v) is 6.56. The normalized spacial score (nSPS) is 19.1. The number of ether oxygens (including phenoxy) is 2. The van der Waals surface area contributed by atoms with Gasteiger partial charge in [0, 0.05) is 6.42 Å². The van der Waals surface area contributed by atoms with Crippen molar-refractivity contribution in [3.63, 3.8) is 0 Å². The second kappa shape index (κ2) is 5.89. The molecule has 23 heavy (non-hydrogen) atoms. The fourth-order valence-corrected chi connectivity index (χ4v) is 3.02. The molecule has 1 N–H and O–H groups in total. The van der Waals surface area contributed by atoms with Gasteiger partial charge in [-0.25, -0.2) is 0 Å². The molecule has 124 valence electrons. The molecule has 0 radical (unpaired) electrons. The molecule has 0 aliphatic carbocycles. The molecule has 0 amide bonds. The predicted molar refractivity (Wildman–Crippen MR) is 85.7 cm³/mol. The molecule has 5 heteroatoms. The molecule has 0 saturated heterocycles. The van der Waals surface area contributed by atoms with Gasteiger partial charge in [-0.15, -0.1) is 0 Å². The van der Waals surface area contributed by atoms with Crippen molar-refractivity contribution in [1.29, 1.82) is 0 Å². The Hall–Kier alpha value is -2.01. The summed E-state index contributed by atoms with van der Waals surface area (Å²) < 4.78 is 17.2. The van der Waals surface area contributed by atoms with Crippen LogP contribution in [0.3, 0.4) is 0 Å². The van der Waals surface area contributed by atoms with Crippen molar-refractivity contribution < 1.29 is 19.1 Å². The first-order valence-corrected chi connectivity index (χ1v) is 7.98. The number of aliphatic hydroxyl groups is 1. The molecule has 2 aromatic rings. The van der Waals surface area contributed by atoms with Gasteiger partial charge in [0.15, 0.2) is 0 Å². The first-order valence-electron chi connectivity index (χ1n) is 7.98. The van der Waals surface area contributed by atoms with E-state index in [1.165, 1.54) is 0 Å². The van der Waals surface area contributed by atoms with Crippen LogP contribution in [0, 0.1) is 6.92 Å². The molecule has 2 heterocycles. The molecule has 0 saturated carbocycles. The summed E-state index contributed by atoms with van der Waals surface area (Å²) in [6, 6.07) is 5.61. The van der Waals surface area contributed by atoms with E-state index >= 15 is 0 Å². The van der Waals surface area contributed by atoms with Crippen LogP contribution < -0.4 is 9.47 Å². The quantitative estimate of drug-likeness (QED) is 0.931. The van der Waals surface area contributed by atoms with Gasteiger partial charge in [-0.05, 0) is 39.3 Å². The molecule has 0 unspecified atom stereocenters. The largest absolute Gasteiger partial charge is 0.488 e. The monoisotopic (exact) mass is 317 g/mol. The van der Waals surface area contributed by atoms with Gasteiger partial charge in [-0.1, -0.05) is 18.1 Å². The Bertz CT molecular complexity index is 705. The average molecular weight is 317 g/mol. The third-order valence-corrected chi connectivity index (χ3v) is 4.20. The zero-order chi connectivity index (χ0) is 16.6. The highest BCUT2D eigenvalue weighted by molar-refractivity contribution is 5.48. The number of rotatable bonds is 4. The standard InChI is InChI=1S/C18H23NO4/c1-5-13-12(11(2)23-19-13)10-21-15-7-6-8-16-17(15)14(20)9-18(3,4)22-16/h6-8,14,20H,5,9-10H2,1-4H3/t14-/m0/s1. The number of fused-ring (bicyclic) bond motifs is 1. The minimum atomic E-state index is -0.598. The van der Waals surface area contributed by atoms with Crippen LogP contribution in [-0.4, -0.2) is 15.9 Å². The van der Waals surface area contributed by atoms with Gasteiger partial charge >= 0.3 is 0 Å².